The van der Waals surface area contributed by atoms with E-state index >= 15 is 0 Å². The van der Waals surface area contributed by atoms with Gasteiger partial charge in [0.1, 0.15) is 11.9 Å². The first kappa shape index (κ1) is 11.2. The maximum Gasteiger partial charge on any atom is 0.131 e. The van der Waals surface area contributed by atoms with Gasteiger partial charge in [-0.05, 0) is 18.7 Å². The number of nitrogens with zero attached hydrogens (tertiary/aromatic N) is 1. The first-order chi connectivity index (χ1) is 8.88. The predicted molar refractivity (Wildman–Crippen MR) is 71.7 cm³/mol. The van der Waals surface area contributed by atoms with Gasteiger partial charge >= 0.3 is 0 Å². The molecule has 0 amide bonds. The van der Waals surface area contributed by atoms with Crippen LogP contribution < -0.4 is 10.1 Å². The molecule has 0 bridgehead atoms. The summed E-state index contributed by atoms with van der Waals surface area (Å²) in [5.74, 6) is 1.02. The molecule has 0 spiro atoms. The third-order valence-corrected chi connectivity index (χ3v) is 3.23. The number of pyridine rings is 1. The van der Waals surface area contributed by atoms with Crippen LogP contribution in [0, 0.1) is 0 Å². The highest BCUT2D eigenvalue weighted by atomic mass is 16.5. The summed E-state index contributed by atoms with van der Waals surface area (Å²) in [6.45, 7) is 0.876. The molecule has 1 aromatic carbocycles. The first-order valence-electron chi connectivity index (χ1n) is 6.22. The second-order valence-corrected chi connectivity index (χ2v) is 4.54. The molecule has 3 heteroatoms. The lowest BCUT2D eigenvalue weighted by molar-refractivity contribution is 0.232. The van der Waals surface area contributed by atoms with Crippen LogP contribution in [0.3, 0.4) is 0 Å². The van der Waals surface area contributed by atoms with E-state index in [0.717, 1.165) is 29.8 Å². The van der Waals surface area contributed by atoms with E-state index in [2.05, 4.69) is 34.6 Å². The highest BCUT2D eigenvalue weighted by Gasteiger charge is 2.24. The van der Waals surface area contributed by atoms with Gasteiger partial charge in [-0.25, -0.2) is 0 Å². The topological polar surface area (TPSA) is 34.2 Å². The number of nitrogens with one attached hydrogen (secondary N) is 1. The van der Waals surface area contributed by atoms with E-state index < -0.39 is 0 Å². The molecule has 3 rings (SSSR count). The van der Waals surface area contributed by atoms with E-state index in [0.29, 0.717) is 0 Å². The van der Waals surface area contributed by atoms with E-state index in [-0.39, 0.29) is 6.10 Å². The molecule has 2 aromatic rings. The van der Waals surface area contributed by atoms with Gasteiger partial charge < -0.3 is 10.1 Å². The Kier molecular flexibility index (Phi) is 2.99. The van der Waals surface area contributed by atoms with Crippen LogP contribution in [0.4, 0.5) is 0 Å². The van der Waals surface area contributed by atoms with Crippen molar-refractivity contribution in [2.75, 3.05) is 13.6 Å². The monoisotopic (exact) mass is 240 g/mol. The summed E-state index contributed by atoms with van der Waals surface area (Å²) in [4.78, 5) is 4.17. The predicted octanol–water partition coefficient (Wildman–Crippen LogP) is 2.27. The Labute approximate surface area is 107 Å². The van der Waals surface area contributed by atoms with Gasteiger partial charge in [-0.15, -0.1) is 0 Å². The smallest absolute Gasteiger partial charge is 0.131 e. The molecule has 1 aliphatic rings. The van der Waals surface area contributed by atoms with E-state index in [1.54, 1.807) is 6.20 Å². The standard InChI is InChI=1S/C15H16N2O/c1-16-10-13-8-11-4-2-6-14(15(11)18-13)12-5-3-7-17-9-12/h2-7,9,13,16H,8,10H2,1H3/t13-/m1/s1. The van der Waals surface area contributed by atoms with Crippen LogP contribution in [0.5, 0.6) is 5.75 Å². The number of para-hydroxylation sites is 1. The number of aromatic nitrogens is 1. The van der Waals surface area contributed by atoms with Crippen LogP contribution in [-0.4, -0.2) is 24.7 Å². The third-order valence-electron chi connectivity index (χ3n) is 3.23. The van der Waals surface area contributed by atoms with Crippen LogP contribution in [0.15, 0.2) is 42.7 Å². The number of hydrogen-bond acceptors (Lipinski definition) is 3. The van der Waals surface area contributed by atoms with Crippen molar-refractivity contribution >= 4 is 0 Å². The van der Waals surface area contributed by atoms with Crippen molar-refractivity contribution < 1.29 is 4.74 Å². The fourth-order valence-corrected chi connectivity index (χ4v) is 2.43. The molecule has 1 atom stereocenters. The van der Waals surface area contributed by atoms with Gasteiger partial charge in [-0.1, -0.05) is 24.3 Å². The summed E-state index contributed by atoms with van der Waals surface area (Å²) in [6.07, 6.45) is 4.88. The minimum atomic E-state index is 0.239. The average Bonchev–Trinajstić information content (AvgIpc) is 2.82. The fraction of sp³-hybridized carbons (Fsp3) is 0.267. The number of rotatable bonds is 3. The zero-order valence-corrected chi connectivity index (χ0v) is 10.4. The molecule has 1 aromatic heterocycles. The van der Waals surface area contributed by atoms with Crippen molar-refractivity contribution in [3.8, 4) is 16.9 Å². The Morgan fingerprint density at radius 3 is 3.06 bits per heavy atom. The maximum absolute atomic E-state index is 6.04. The molecule has 0 radical (unpaired) electrons. The SMILES string of the molecule is CNC[C@H]1Cc2cccc(-c3cccnc3)c2O1. The van der Waals surface area contributed by atoms with Gasteiger partial charge in [-0.3, -0.25) is 4.98 Å². The quantitative estimate of drug-likeness (QED) is 0.893. The van der Waals surface area contributed by atoms with Gasteiger partial charge in [0.25, 0.3) is 0 Å². The molecule has 0 fully saturated rings. The minimum absolute atomic E-state index is 0.239. The third kappa shape index (κ3) is 1.97. The molecule has 0 aliphatic carbocycles. The number of ether oxygens (including phenoxy) is 1. The van der Waals surface area contributed by atoms with Crippen molar-refractivity contribution in [1.29, 1.82) is 0 Å². The maximum atomic E-state index is 6.04. The lowest BCUT2D eigenvalue weighted by atomic mass is 10.0. The lowest BCUT2D eigenvalue weighted by Gasteiger charge is -2.11. The van der Waals surface area contributed by atoms with Gasteiger partial charge in [-0.2, -0.15) is 0 Å². The van der Waals surface area contributed by atoms with E-state index in [9.17, 15) is 0 Å². The van der Waals surface area contributed by atoms with Crippen molar-refractivity contribution in [1.82, 2.24) is 10.3 Å². The number of hydrogen-bond donors (Lipinski definition) is 1. The van der Waals surface area contributed by atoms with Crippen LogP contribution in [0.25, 0.3) is 11.1 Å². The summed E-state index contributed by atoms with van der Waals surface area (Å²) in [6, 6.07) is 10.3. The van der Waals surface area contributed by atoms with E-state index in [1.807, 2.05) is 19.3 Å². The van der Waals surface area contributed by atoms with E-state index in [4.69, 9.17) is 4.74 Å². The molecule has 0 unspecified atom stereocenters. The van der Waals surface area contributed by atoms with Gasteiger partial charge in [0.05, 0.1) is 0 Å². The zero-order chi connectivity index (χ0) is 12.4. The highest BCUT2D eigenvalue weighted by Crippen LogP contribution is 2.38. The van der Waals surface area contributed by atoms with Crippen LogP contribution in [0.1, 0.15) is 5.56 Å². The molecule has 0 saturated heterocycles. The lowest BCUT2D eigenvalue weighted by Crippen LogP contribution is -2.27. The normalized spacial score (nSPS) is 17.3. The second kappa shape index (κ2) is 4.78. The molecular formula is C15H16N2O. The van der Waals surface area contributed by atoms with Crippen molar-refractivity contribution in [2.45, 2.75) is 12.5 Å². The Bertz CT molecular complexity index is 539. The van der Waals surface area contributed by atoms with E-state index in [1.165, 1.54) is 5.56 Å². The fourth-order valence-electron chi connectivity index (χ4n) is 2.43. The van der Waals surface area contributed by atoms with Crippen LogP contribution in [0.2, 0.25) is 0 Å². The van der Waals surface area contributed by atoms with Gasteiger partial charge in [0, 0.05) is 36.5 Å². The summed E-state index contributed by atoms with van der Waals surface area (Å²) < 4.78 is 6.04. The number of likely N-dealkylation sites (N-methyl/N-ethyl adjacent to an activating group) is 1. The van der Waals surface area contributed by atoms with Crippen molar-refractivity contribution in [3.05, 3.63) is 48.3 Å². The molecular weight excluding hydrogens is 224 g/mol. The molecule has 3 nitrogen and oxygen atoms in total. The van der Waals surface area contributed by atoms with Gasteiger partial charge in [0.2, 0.25) is 0 Å². The van der Waals surface area contributed by atoms with Gasteiger partial charge in [0.15, 0.2) is 0 Å². The average molecular weight is 240 g/mol. The van der Waals surface area contributed by atoms with Crippen molar-refractivity contribution in [2.24, 2.45) is 0 Å². The molecule has 18 heavy (non-hydrogen) atoms. The molecule has 92 valence electrons. The van der Waals surface area contributed by atoms with Crippen LogP contribution in [-0.2, 0) is 6.42 Å². The largest absolute Gasteiger partial charge is 0.488 e. The molecule has 1 aliphatic heterocycles. The summed E-state index contributed by atoms with van der Waals surface area (Å²) in [7, 11) is 1.95. The van der Waals surface area contributed by atoms with Crippen molar-refractivity contribution in [3.63, 3.8) is 0 Å². The second-order valence-electron chi connectivity index (χ2n) is 4.54. The Hall–Kier alpha value is -1.87. The highest BCUT2D eigenvalue weighted by molar-refractivity contribution is 5.72. The number of benzene rings is 1. The molecule has 0 saturated carbocycles. The van der Waals surface area contributed by atoms with Crippen LogP contribution >= 0.6 is 0 Å². The summed E-state index contributed by atoms with van der Waals surface area (Å²) >= 11 is 0. The summed E-state index contributed by atoms with van der Waals surface area (Å²) in [5.41, 5.74) is 3.54. The Morgan fingerprint density at radius 2 is 2.28 bits per heavy atom. The molecule has 2 heterocycles. The Balaban J connectivity index is 1.98. The summed E-state index contributed by atoms with van der Waals surface area (Å²) in [5, 5.41) is 3.17. The zero-order valence-electron chi connectivity index (χ0n) is 10.4. The number of fused-ring (bicyclic) bond motifs is 1. The minimum Gasteiger partial charge on any atom is -0.488 e. The Morgan fingerprint density at radius 1 is 1.33 bits per heavy atom. The first-order valence-corrected chi connectivity index (χ1v) is 6.22. The molecule has 1 N–H and O–H groups in total.